The average molecular weight is 263 g/mol. The molecule has 0 aliphatic heterocycles. The van der Waals surface area contributed by atoms with Crippen LogP contribution in [0.15, 0.2) is 12.1 Å². The third-order valence-electron chi connectivity index (χ3n) is 2.16. The zero-order chi connectivity index (χ0) is 13.9. The van der Waals surface area contributed by atoms with Gasteiger partial charge in [-0.15, -0.1) is 10.2 Å². The molecular formula is C10H12F3N3O2. The summed E-state index contributed by atoms with van der Waals surface area (Å²) in [5.41, 5.74) is -1.11. The van der Waals surface area contributed by atoms with Gasteiger partial charge >= 0.3 is 12.1 Å². The number of alkyl halides is 3. The molecule has 0 saturated carbocycles. The first-order valence-corrected chi connectivity index (χ1v) is 5.11. The largest absolute Gasteiger partial charge is 0.480 e. The number of carboxylic acids is 1. The summed E-state index contributed by atoms with van der Waals surface area (Å²) in [7, 11) is 0. The molecule has 0 amide bonds. The maximum atomic E-state index is 12.3. The van der Waals surface area contributed by atoms with Crippen molar-refractivity contribution < 1.29 is 23.1 Å². The fraction of sp³-hybridized carbons (Fsp3) is 0.500. The molecular weight excluding hydrogens is 251 g/mol. The van der Waals surface area contributed by atoms with Crippen molar-refractivity contribution in [2.75, 3.05) is 11.4 Å². The van der Waals surface area contributed by atoms with Crippen LogP contribution >= 0.6 is 0 Å². The second kappa shape index (κ2) is 5.19. The van der Waals surface area contributed by atoms with Crippen molar-refractivity contribution in [2.45, 2.75) is 26.1 Å². The minimum absolute atomic E-state index is 0.0976. The lowest BCUT2D eigenvalue weighted by Gasteiger charge is -2.25. The molecule has 0 spiro atoms. The van der Waals surface area contributed by atoms with Crippen molar-refractivity contribution in [1.29, 1.82) is 0 Å². The molecule has 0 aromatic carbocycles. The summed E-state index contributed by atoms with van der Waals surface area (Å²) in [6.45, 7) is 3.07. The van der Waals surface area contributed by atoms with Crippen LogP contribution in [0.4, 0.5) is 19.0 Å². The van der Waals surface area contributed by atoms with E-state index < -0.39 is 17.8 Å². The SMILES string of the molecule is CC(C)N(CC(=O)O)c1ccc(C(F)(F)F)nn1. The lowest BCUT2D eigenvalue weighted by Crippen LogP contribution is -2.36. The average Bonchev–Trinajstić information content (AvgIpc) is 2.24. The van der Waals surface area contributed by atoms with Gasteiger partial charge in [0.2, 0.25) is 0 Å². The highest BCUT2D eigenvalue weighted by Crippen LogP contribution is 2.27. The van der Waals surface area contributed by atoms with Crippen molar-refractivity contribution >= 4 is 11.8 Å². The number of aliphatic carboxylic acids is 1. The number of nitrogens with zero attached hydrogens (tertiary/aromatic N) is 3. The van der Waals surface area contributed by atoms with Crippen molar-refractivity contribution in [1.82, 2.24) is 10.2 Å². The highest BCUT2D eigenvalue weighted by atomic mass is 19.4. The number of hydrogen-bond acceptors (Lipinski definition) is 4. The number of hydrogen-bond donors (Lipinski definition) is 1. The quantitative estimate of drug-likeness (QED) is 0.897. The first-order chi connectivity index (χ1) is 8.21. The molecule has 0 saturated heterocycles. The van der Waals surface area contributed by atoms with Gasteiger partial charge in [-0.3, -0.25) is 4.79 Å². The molecule has 18 heavy (non-hydrogen) atoms. The van der Waals surface area contributed by atoms with Crippen LogP contribution in [0.2, 0.25) is 0 Å². The van der Waals surface area contributed by atoms with Crippen LogP contribution in [-0.2, 0) is 11.0 Å². The van der Waals surface area contributed by atoms with Crippen LogP contribution in [-0.4, -0.2) is 33.9 Å². The smallest absolute Gasteiger partial charge is 0.435 e. The Bertz CT molecular complexity index is 417. The second-order valence-corrected chi connectivity index (χ2v) is 3.89. The Morgan fingerprint density at radius 1 is 1.39 bits per heavy atom. The van der Waals surface area contributed by atoms with Crippen LogP contribution in [0.5, 0.6) is 0 Å². The second-order valence-electron chi connectivity index (χ2n) is 3.89. The molecule has 0 aliphatic rings. The Balaban J connectivity index is 2.97. The number of rotatable bonds is 4. The molecule has 1 aromatic heterocycles. The molecule has 1 heterocycles. The Hall–Kier alpha value is -1.86. The van der Waals surface area contributed by atoms with Crippen LogP contribution < -0.4 is 4.90 Å². The third kappa shape index (κ3) is 3.57. The zero-order valence-corrected chi connectivity index (χ0v) is 9.77. The molecule has 0 unspecified atom stereocenters. The van der Waals surface area contributed by atoms with E-state index >= 15 is 0 Å². The van der Waals surface area contributed by atoms with Crippen molar-refractivity contribution in [2.24, 2.45) is 0 Å². The maximum Gasteiger partial charge on any atom is 0.435 e. The molecule has 8 heteroatoms. The molecule has 0 fully saturated rings. The van der Waals surface area contributed by atoms with Crippen molar-refractivity contribution in [3.05, 3.63) is 17.8 Å². The topological polar surface area (TPSA) is 66.3 Å². The molecule has 0 aliphatic carbocycles. The fourth-order valence-corrected chi connectivity index (χ4v) is 1.30. The number of carboxylic acid groups (broad SMARTS) is 1. The molecule has 0 radical (unpaired) electrons. The van der Waals surface area contributed by atoms with E-state index in [1.54, 1.807) is 13.8 Å². The first kappa shape index (κ1) is 14.2. The molecule has 0 bridgehead atoms. The lowest BCUT2D eigenvalue weighted by molar-refractivity contribution is -0.141. The van der Waals surface area contributed by atoms with Gasteiger partial charge < -0.3 is 10.0 Å². The van der Waals surface area contributed by atoms with Gasteiger partial charge in [-0.25, -0.2) is 0 Å². The number of carbonyl (C=O) groups is 1. The van der Waals surface area contributed by atoms with E-state index in [9.17, 15) is 18.0 Å². The third-order valence-corrected chi connectivity index (χ3v) is 2.16. The summed E-state index contributed by atoms with van der Waals surface area (Å²) < 4.78 is 36.8. The van der Waals surface area contributed by atoms with Gasteiger partial charge in [0.25, 0.3) is 0 Å². The van der Waals surface area contributed by atoms with Crippen LogP contribution in [0, 0.1) is 0 Å². The monoisotopic (exact) mass is 263 g/mol. The number of halogens is 3. The summed E-state index contributed by atoms with van der Waals surface area (Å²) in [5.74, 6) is -0.995. The fourth-order valence-electron chi connectivity index (χ4n) is 1.30. The van der Waals surface area contributed by atoms with Crippen LogP contribution in [0.3, 0.4) is 0 Å². The van der Waals surface area contributed by atoms with Crippen LogP contribution in [0.25, 0.3) is 0 Å². The Labute approximate surface area is 101 Å². The molecule has 1 N–H and O–H groups in total. The van der Waals surface area contributed by atoms with E-state index in [-0.39, 0.29) is 18.4 Å². The standard InChI is InChI=1S/C10H12F3N3O2/c1-6(2)16(5-9(17)18)8-4-3-7(14-15-8)10(11,12)13/h3-4,6H,5H2,1-2H3,(H,17,18). The van der Waals surface area contributed by atoms with Gasteiger partial charge in [-0.1, -0.05) is 0 Å². The van der Waals surface area contributed by atoms with Gasteiger partial charge in [-0.2, -0.15) is 13.2 Å². The zero-order valence-electron chi connectivity index (χ0n) is 9.77. The summed E-state index contributed by atoms with van der Waals surface area (Å²) in [6, 6.07) is 1.67. The lowest BCUT2D eigenvalue weighted by atomic mass is 10.3. The highest BCUT2D eigenvalue weighted by Gasteiger charge is 2.33. The molecule has 1 aromatic rings. The van der Waals surface area contributed by atoms with Gasteiger partial charge in [0.1, 0.15) is 6.54 Å². The highest BCUT2D eigenvalue weighted by molar-refractivity contribution is 5.73. The molecule has 100 valence electrons. The van der Waals surface area contributed by atoms with Gasteiger partial charge in [0.15, 0.2) is 11.5 Å². The first-order valence-electron chi connectivity index (χ1n) is 5.11. The maximum absolute atomic E-state index is 12.3. The Kier molecular flexibility index (Phi) is 4.10. The summed E-state index contributed by atoms with van der Waals surface area (Å²) >= 11 is 0. The molecule has 5 nitrogen and oxygen atoms in total. The van der Waals surface area contributed by atoms with Crippen LogP contribution in [0.1, 0.15) is 19.5 Å². The van der Waals surface area contributed by atoms with E-state index in [1.807, 2.05) is 0 Å². The molecule has 1 rings (SSSR count). The van der Waals surface area contributed by atoms with E-state index in [2.05, 4.69) is 10.2 Å². The minimum Gasteiger partial charge on any atom is -0.480 e. The van der Waals surface area contributed by atoms with E-state index in [0.29, 0.717) is 0 Å². The van der Waals surface area contributed by atoms with E-state index in [4.69, 9.17) is 5.11 Å². The summed E-state index contributed by atoms with van der Waals surface area (Å²) in [4.78, 5) is 12.0. The van der Waals surface area contributed by atoms with Gasteiger partial charge in [0.05, 0.1) is 0 Å². The Morgan fingerprint density at radius 2 is 2.00 bits per heavy atom. The molecule has 0 atom stereocenters. The normalized spacial score (nSPS) is 11.7. The summed E-state index contributed by atoms with van der Waals surface area (Å²) in [6.07, 6.45) is -4.55. The number of anilines is 1. The summed E-state index contributed by atoms with van der Waals surface area (Å²) in [5, 5.41) is 15.2. The van der Waals surface area contributed by atoms with E-state index in [1.165, 1.54) is 4.90 Å². The van der Waals surface area contributed by atoms with Gasteiger partial charge in [0, 0.05) is 6.04 Å². The predicted molar refractivity (Wildman–Crippen MR) is 57.2 cm³/mol. The van der Waals surface area contributed by atoms with Crippen molar-refractivity contribution in [3.8, 4) is 0 Å². The van der Waals surface area contributed by atoms with Crippen molar-refractivity contribution in [3.63, 3.8) is 0 Å². The predicted octanol–water partition coefficient (Wildman–Crippen LogP) is 1.79. The minimum atomic E-state index is -4.55. The number of aromatic nitrogens is 2. The van der Waals surface area contributed by atoms with E-state index in [0.717, 1.165) is 12.1 Å². The Morgan fingerprint density at radius 3 is 2.33 bits per heavy atom. The van der Waals surface area contributed by atoms with Gasteiger partial charge in [-0.05, 0) is 26.0 Å².